The van der Waals surface area contributed by atoms with Crippen molar-refractivity contribution < 1.29 is 4.42 Å². The third-order valence-corrected chi connectivity index (χ3v) is 13.7. The van der Waals surface area contributed by atoms with Gasteiger partial charge in [-0.15, -0.1) is 0 Å². The van der Waals surface area contributed by atoms with Gasteiger partial charge < -0.3 is 9.32 Å². The molecule has 10 aromatic rings. The number of hydrogen-bond donors (Lipinski definition) is 0. The van der Waals surface area contributed by atoms with Crippen LogP contribution in [0.4, 0.5) is 17.1 Å². The zero-order valence-electron chi connectivity index (χ0n) is 34.3. The minimum Gasteiger partial charge on any atom is -0.455 e. The first-order valence-corrected chi connectivity index (χ1v) is 21.1. The van der Waals surface area contributed by atoms with E-state index in [1.54, 1.807) is 0 Å². The van der Waals surface area contributed by atoms with E-state index in [0.29, 0.717) is 0 Å². The molecule has 1 heterocycles. The number of anilines is 3. The van der Waals surface area contributed by atoms with E-state index in [2.05, 4.69) is 221 Å². The van der Waals surface area contributed by atoms with Gasteiger partial charge >= 0.3 is 0 Å². The van der Waals surface area contributed by atoms with Gasteiger partial charge in [0.25, 0.3) is 0 Å². The second-order valence-electron chi connectivity index (χ2n) is 17.6. The number of furan rings is 1. The summed E-state index contributed by atoms with van der Waals surface area (Å²) in [5, 5.41) is 4.46. The van der Waals surface area contributed by atoms with Crippen LogP contribution in [0.1, 0.15) is 49.9 Å². The molecule has 2 nitrogen and oxygen atoms in total. The van der Waals surface area contributed by atoms with Crippen LogP contribution < -0.4 is 4.90 Å². The number of hydrogen-bond acceptors (Lipinski definition) is 2. The summed E-state index contributed by atoms with van der Waals surface area (Å²) >= 11 is 0. The Balaban J connectivity index is 1.15. The highest BCUT2D eigenvalue weighted by Gasteiger charge is 2.38. The number of nitrogens with zero attached hydrogens (tertiary/aromatic N) is 1. The lowest BCUT2D eigenvalue weighted by molar-refractivity contribution is 0.660. The van der Waals surface area contributed by atoms with E-state index in [0.717, 1.165) is 55.3 Å². The Labute approximate surface area is 351 Å². The summed E-state index contributed by atoms with van der Waals surface area (Å²) in [5.74, 6) is 0. The molecule has 60 heavy (non-hydrogen) atoms. The number of benzene rings is 9. The van der Waals surface area contributed by atoms with Crippen molar-refractivity contribution in [3.05, 3.63) is 210 Å². The van der Waals surface area contributed by atoms with Gasteiger partial charge in [0.05, 0.1) is 5.69 Å². The van der Waals surface area contributed by atoms with Crippen LogP contribution in [0.2, 0.25) is 0 Å². The van der Waals surface area contributed by atoms with Crippen LogP contribution in [0.15, 0.2) is 192 Å². The molecule has 0 bridgehead atoms. The highest BCUT2D eigenvalue weighted by atomic mass is 16.3. The first kappa shape index (κ1) is 34.8. The molecule has 0 amide bonds. The van der Waals surface area contributed by atoms with Crippen LogP contribution >= 0.6 is 0 Å². The quantitative estimate of drug-likeness (QED) is 0.173. The lowest BCUT2D eigenvalue weighted by Gasteiger charge is -2.30. The van der Waals surface area contributed by atoms with Gasteiger partial charge in [0.2, 0.25) is 0 Å². The lowest BCUT2D eigenvalue weighted by atomic mass is 9.82. The van der Waals surface area contributed by atoms with Gasteiger partial charge in [0, 0.05) is 43.7 Å². The Morgan fingerprint density at radius 3 is 1.50 bits per heavy atom. The summed E-state index contributed by atoms with van der Waals surface area (Å²) in [6.07, 6.45) is 0. The number of rotatable bonds is 5. The maximum Gasteiger partial charge on any atom is 0.143 e. The van der Waals surface area contributed by atoms with Crippen LogP contribution in [-0.2, 0) is 10.8 Å². The standard InChI is InChI=1S/C58H43NO/c1-57(2)49-26-14-12-21-41(49)43-31-29-37(33-51(43)57)59(38-30-32-44-42-22-13-15-27-50(42)58(3,4)52(44)34-38)53-35-48-55-46(40-20-9-8-19-39(40)36-17-6-5-7-18-36)25-16-28-54(55)60-56(48)47-24-11-10-23-45(47)53/h5-35H,1-4H3. The molecule has 1 aromatic heterocycles. The normalized spacial score (nSPS) is 14.3. The molecule has 12 rings (SSSR count). The van der Waals surface area contributed by atoms with Crippen molar-refractivity contribution in [1.29, 1.82) is 0 Å². The predicted molar refractivity (Wildman–Crippen MR) is 252 cm³/mol. The van der Waals surface area contributed by atoms with Crippen molar-refractivity contribution in [2.45, 2.75) is 38.5 Å². The topological polar surface area (TPSA) is 16.4 Å². The Kier molecular flexibility index (Phi) is 7.36. The summed E-state index contributed by atoms with van der Waals surface area (Å²) in [5.41, 5.74) is 20.3. The summed E-state index contributed by atoms with van der Waals surface area (Å²) in [4.78, 5) is 2.51. The minimum atomic E-state index is -0.150. The molecule has 0 N–H and O–H groups in total. The summed E-state index contributed by atoms with van der Waals surface area (Å²) < 4.78 is 6.95. The summed E-state index contributed by atoms with van der Waals surface area (Å²) in [7, 11) is 0. The molecule has 0 aliphatic heterocycles. The Hall–Kier alpha value is -7.16. The van der Waals surface area contributed by atoms with Gasteiger partial charge in [-0.05, 0) is 103 Å². The third kappa shape index (κ3) is 4.88. The van der Waals surface area contributed by atoms with E-state index in [1.165, 1.54) is 61.2 Å². The molecule has 0 saturated heterocycles. The van der Waals surface area contributed by atoms with Gasteiger partial charge in [-0.25, -0.2) is 0 Å². The van der Waals surface area contributed by atoms with Crippen molar-refractivity contribution in [3.8, 4) is 44.5 Å². The van der Waals surface area contributed by atoms with E-state index in [4.69, 9.17) is 4.42 Å². The fourth-order valence-electron chi connectivity index (χ4n) is 10.7. The SMILES string of the molecule is CC1(C)c2ccccc2-c2ccc(N(c3ccc4c(c3)C(C)(C)c3ccccc3-4)c3cc4c(oc5cccc(-c6ccccc6-c6ccccc6)c54)c4ccccc34)cc21. The Bertz CT molecular complexity index is 3280. The van der Waals surface area contributed by atoms with E-state index < -0.39 is 0 Å². The molecule has 286 valence electrons. The molecule has 0 saturated carbocycles. The zero-order chi connectivity index (χ0) is 40.3. The largest absolute Gasteiger partial charge is 0.455 e. The number of fused-ring (bicyclic) bond motifs is 11. The van der Waals surface area contributed by atoms with E-state index in [1.807, 2.05) is 0 Å². The van der Waals surface area contributed by atoms with Crippen molar-refractivity contribution in [1.82, 2.24) is 0 Å². The van der Waals surface area contributed by atoms with Gasteiger partial charge in [0.15, 0.2) is 0 Å². The Morgan fingerprint density at radius 2 is 0.867 bits per heavy atom. The second kappa shape index (κ2) is 12.7. The molecule has 2 aliphatic carbocycles. The molecule has 0 radical (unpaired) electrons. The minimum absolute atomic E-state index is 0.150. The smallest absolute Gasteiger partial charge is 0.143 e. The van der Waals surface area contributed by atoms with Crippen molar-refractivity contribution in [2.75, 3.05) is 4.90 Å². The second-order valence-corrected chi connectivity index (χ2v) is 17.6. The Morgan fingerprint density at radius 1 is 0.367 bits per heavy atom. The fourth-order valence-corrected chi connectivity index (χ4v) is 10.7. The van der Waals surface area contributed by atoms with Crippen LogP contribution in [-0.4, -0.2) is 0 Å². The molecule has 2 heteroatoms. The van der Waals surface area contributed by atoms with Crippen LogP contribution in [0.5, 0.6) is 0 Å². The summed E-state index contributed by atoms with van der Waals surface area (Å²) in [6.45, 7) is 9.48. The first-order chi connectivity index (χ1) is 29.3. The average molecular weight is 770 g/mol. The predicted octanol–water partition coefficient (Wildman–Crippen LogP) is 16.2. The van der Waals surface area contributed by atoms with Crippen LogP contribution in [0.3, 0.4) is 0 Å². The third-order valence-electron chi connectivity index (χ3n) is 13.7. The molecular weight excluding hydrogens is 727 g/mol. The van der Waals surface area contributed by atoms with Crippen molar-refractivity contribution >= 4 is 49.8 Å². The molecule has 0 atom stereocenters. The maximum atomic E-state index is 6.95. The summed E-state index contributed by atoms with van der Waals surface area (Å²) in [6, 6.07) is 69.3. The van der Waals surface area contributed by atoms with Crippen LogP contribution in [0.25, 0.3) is 77.2 Å². The zero-order valence-corrected chi connectivity index (χ0v) is 34.3. The lowest BCUT2D eigenvalue weighted by Crippen LogP contribution is -2.18. The van der Waals surface area contributed by atoms with Gasteiger partial charge in [-0.2, -0.15) is 0 Å². The van der Waals surface area contributed by atoms with Crippen molar-refractivity contribution in [3.63, 3.8) is 0 Å². The van der Waals surface area contributed by atoms with Crippen LogP contribution in [0, 0.1) is 0 Å². The van der Waals surface area contributed by atoms with Crippen molar-refractivity contribution in [2.24, 2.45) is 0 Å². The van der Waals surface area contributed by atoms with E-state index >= 15 is 0 Å². The van der Waals surface area contributed by atoms with Gasteiger partial charge in [-0.3, -0.25) is 0 Å². The first-order valence-electron chi connectivity index (χ1n) is 21.1. The molecule has 0 unspecified atom stereocenters. The molecule has 2 aliphatic rings. The molecule has 0 fully saturated rings. The van der Waals surface area contributed by atoms with E-state index in [9.17, 15) is 0 Å². The average Bonchev–Trinajstić information content (AvgIpc) is 3.87. The van der Waals surface area contributed by atoms with E-state index in [-0.39, 0.29) is 10.8 Å². The monoisotopic (exact) mass is 769 g/mol. The fraction of sp³-hybridized carbons (Fsp3) is 0.103. The highest BCUT2D eigenvalue weighted by molar-refractivity contribution is 6.23. The van der Waals surface area contributed by atoms with Gasteiger partial charge in [-0.1, -0.05) is 179 Å². The maximum absolute atomic E-state index is 6.95. The molecule has 0 spiro atoms. The highest BCUT2D eigenvalue weighted by Crippen LogP contribution is 2.54. The van der Waals surface area contributed by atoms with Gasteiger partial charge in [0.1, 0.15) is 11.2 Å². The molecule has 9 aromatic carbocycles. The molecular formula is C58H43NO.